The van der Waals surface area contributed by atoms with Gasteiger partial charge in [0.05, 0.1) is 22.0 Å². The highest BCUT2D eigenvalue weighted by atomic mass is 32.2. The van der Waals surface area contributed by atoms with Gasteiger partial charge in [-0.15, -0.1) is 0 Å². The van der Waals surface area contributed by atoms with Crippen LogP contribution in [0.4, 0.5) is 0 Å². The van der Waals surface area contributed by atoms with Gasteiger partial charge in [0.15, 0.2) is 0 Å². The van der Waals surface area contributed by atoms with Crippen LogP contribution in [0.3, 0.4) is 0 Å². The number of hydrogen-bond donors (Lipinski definition) is 1. The second-order valence-corrected chi connectivity index (χ2v) is 14.4. The van der Waals surface area contributed by atoms with Crippen LogP contribution in [0.15, 0.2) is 120 Å². The molecule has 2 heterocycles. The Kier molecular flexibility index (Phi) is 9.08. The van der Waals surface area contributed by atoms with Crippen molar-refractivity contribution in [3.05, 3.63) is 149 Å². The third-order valence-electron chi connectivity index (χ3n) is 9.38. The number of sulfonamides is 1. The van der Waals surface area contributed by atoms with Gasteiger partial charge in [0, 0.05) is 29.8 Å². The highest BCUT2D eigenvalue weighted by Gasteiger charge is 2.29. The molecule has 5 aromatic carbocycles. The number of benzene rings is 5. The number of fused-ring (bicyclic) bond motifs is 2. The Bertz CT molecular complexity index is 2350. The van der Waals surface area contributed by atoms with Gasteiger partial charge in [-0.3, -0.25) is 9.59 Å². The molecule has 0 unspecified atom stereocenters. The van der Waals surface area contributed by atoms with Crippen molar-refractivity contribution in [2.24, 2.45) is 0 Å². The maximum Gasteiger partial charge on any atom is 0.265 e. The lowest BCUT2D eigenvalue weighted by Gasteiger charge is -2.29. The Morgan fingerprint density at radius 3 is 2.32 bits per heavy atom. The smallest absolute Gasteiger partial charge is 0.265 e. The molecule has 0 bridgehead atoms. The van der Waals surface area contributed by atoms with E-state index in [0.717, 1.165) is 58.2 Å². The first-order valence-corrected chi connectivity index (χ1v) is 18.4. The molecule has 1 N–H and O–H groups in total. The van der Waals surface area contributed by atoms with E-state index in [1.165, 1.54) is 17.7 Å². The molecule has 50 heavy (non-hydrogen) atoms. The number of aromatic nitrogens is 2. The second-order valence-electron chi connectivity index (χ2n) is 12.7. The van der Waals surface area contributed by atoms with Gasteiger partial charge in [-0.1, -0.05) is 92.2 Å². The van der Waals surface area contributed by atoms with Crippen molar-refractivity contribution in [1.82, 2.24) is 19.4 Å². The van der Waals surface area contributed by atoms with Crippen LogP contribution < -0.4 is 4.72 Å². The summed E-state index contributed by atoms with van der Waals surface area (Å²) in [6.45, 7) is 5.03. The zero-order chi connectivity index (χ0) is 34.8. The number of amides is 2. The molecule has 0 radical (unpaired) electrons. The number of nitrogens with one attached hydrogen (secondary N) is 1. The Morgan fingerprint density at radius 2 is 1.54 bits per heavy atom. The van der Waals surface area contributed by atoms with Gasteiger partial charge in [0.1, 0.15) is 0 Å². The van der Waals surface area contributed by atoms with Crippen LogP contribution in [-0.2, 0) is 29.4 Å². The number of hydrogen-bond acceptors (Lipinski definition) is 5. The van der Waals surface area contributed by atoms with Crippen LogP contribution in [0.1, 0.15) is 63.0 Å². The first-order chi connectivity index (χ1) is 24.2. The van der Waals surface area contributed by atoms with Crippen molar-refractivity contribution in [1.29, 1.82) is 0 Å². The van der Waals surface area contributed by atoms with Gasteiger partial charge in [0.2, 0.25) is 0 Å². The Labute approximate surface area is 292 Å². The van der Waals surface area contributed by atoms with Crippen LogP contribution in [0.25, 0.3) is 27.6 Å². The minimum Gasteiger partial charge on any atom is -0.334 e. The summed E-state index contributed by atoms with van der Waals surface area (Å²) < 4.78 is 31.1. The minimum atomic E-state index is -4.21. The Hall–Kier alpha value is -5.54. The highest BCUT2D eigenvalue weighted by Crippen LogP contribution is 2.35. The van der Waals surface area contributed by atoms with Crippen molar-refractivity contribution < 1.29 is 18.0 Å². The maximum absolute atomic E-state index is 14.6. The van der Waals surface area contributed by atoms with E-state index in [1.54, 1.807) is 29.2 Å². The van der Waals surface area contributed by atoms with Crippen molar-refractivity contribution in [3.8, 4) is 16.8 Å². The average molecular weight is 683 g/mol. The summed E-state index contributed by atoms with van der Waals surface area (Å²) in [6, 6.07) is 35.1. The molecule has 0 atom stereocenters. The lowest BCUT2D eigenvalue weighted by molar-refractivity contribution is 0.0735. The minimum absolute atomic E-state index is 0.0195. The number of rotatable bonds is 9. The predicted octanol–water partition coefficient (Wildman–Crippen LogP) is 7.66. The normalized spacial score (nSPS) is 12.9. The van der Waals surface area contributed by atoms with Gasteiger partial charge in [-0.2, -0.15) is 5.10 Å². The molecule has 252 valence electrons. The molecule has 0 aliphatic carbocycles. The second kappa shape index (κ2) is 13.8. The monoisotopic (exact) mass is 682 g/mol. The number of carbonyl (C=O) groups excluding carboxylic acids is 2. The molecular formula is C41H38N4O4S. The van der Waals surface area contributed by atoms with E-state index in [4.69, 9.17) is 5.10 Å². The van der Waals surface area contributed by atoms with Gasteiger partial charge in [0.25, 0.3) is 21.8 Å². The topological polar surface area (TPSA) is 101 Å². The molecule has 0 spiro atoms. The van der Waals surface area contributed by atoms with E-state index < -0.39 is 15.9 Å². The van der Waals surface area contributed by atoms with Crippen molar-refractivity contribution in [2.45, 2.75) is 51.0 Å². The molecule has 0 fully saturated rings. The van der Waals surface area contributed by atoms with Crippen LogP contribution in [0.5, 0.6) is 0 Å². The van der Waals surface area contributed by atoms with Crippen LogP contribution in [0.2, 0.25) is 0 Å². The summed E-state index contributed by atoms with van der Waals surface area (Å²) in [5, 5.41) is 6.58. The molecule has 8 nitrogen and oxygen atoms in total. The molecular weight excluding hydrogens is 645 g/mol. The fraction of sp³-hybridized carbons (Fsp3) is 0.195. The third kappa shape index (κ3) is 6.44. The molecule has 2 amide bonds. The predicted molar refractivity (Wildman–Crippen MR) is 196 cm³/mol. The summed E-state index contributed by atoms with van der Waals surface area (Å²) in [5.74, 6) is -1.04. The number of aryl methyl sites for hydroxylation is 1. The van der Waals surface area contributed by atoms with E-state index in [2.05, 4.69) is 17.7 Å². The summed E-state index contributed by atoms with van der Waals surface area (Å²) in [4.78, 5) is 30.0. The molecule has 0 saturated carbocycles. The van der Waals surface area contributed by atoms with Gasteiger partial charge in [-0.25, -0.2) is 17.8 Å². The molecule has 1 aromatic heterocycles. The summed E-state index contributed by atoms with van der Waals surface area (Å²) in [5.41, 5.74) is 6.86. The quantitative estimate of drug-likeness (QED) is 0.169. The van der Waals surface area contributed by atoms with Crippen LogP contribution in [-0.4, -0.2) is 41.5 Å². The largest absolute Gasteiger partial charge is 0.334 e. The number of unbranched alkanes of at least 4 members (excludes halogenated alkanes) is 1. The standard InChI is InChI=1S/C41H38N4O4S/c1-3-4-18-38-39(28(2)42-45(38)34-16-6-5-7-17-34)36-22-20-32(26-37(36)41(47)44-24-23-30-13-9-11-15-33(30)27-44)40(46)43-50(48,49)35-21-19-29-12-8-10-14-31(29)25-35/h5-17,19-22,25-26H,3-4,18,23-24,27H2,1-2H3,(H,43,46). The first-order valence-electron chi connectivity index (χ1n) is 16.9. The van der Waals surface area contributed by atoms with Gasteiger partial charge < -0.3 is 4.90 Å². The summed E-state index contributed by atoms with van der Waals surface area (Å²) in [6.07, 6.45) is 3.35. The highest BCUT2D eigenvalue weighted by molar-refractivity contribution is 7.90. The number of nitrogens with zero attached hydrogens (tertiary/aromatic N) is 3. The molecule has 7 rings (SSSR count). The maximum atomic E-state index is 14.6. The van der Waals surface area contributed by atoms with E-state index in [1.807, 2.05) is 84.4 Å². The average Bonchev–Trinajstić information content (AvgIpc) is 3.48. The van der Waals surface area contributed by atoms with E-state index in [-0.39, 0.29) is 16.4 Å². The fourth-order valence-corrected chi connectivity index (χ4v) is 7.79. The Morgan fingerprint density at radius 1 is 0.820 bits per heavy atom. The summed E-state index contributed by atoms with van der Waals surface area (Å²) in [7, 11) is -4.21. The molecule has 9 heteroatoms. The first kappa shape index (κ1) is 33.0. The third-order valence-corrected chi connectivity index (χ3v) is 10.7. The number of carbonyl (C=O) groups is 2. The zero-order valence-corrected chi connectivity index (χ0v) is 28.9. The SMILES string of the molecule is CCCCc1c(-c2ccc(C(=O)NS(=O)(=O)c3ccc4ccccc4c3)cc2C(=O)N2CCc3ccccc3C2)c(C)nn1-c1ccccc1. The van der Waals surface area contributed by atoms with Crippen LogP contribution in [0, 0.1) is 6.92 Å². The van der Waals surface area contributed by atoms with E-state index >= 15 is 0 Å². The molecule has 6 aromatic rings. The molecule has 1 aliphatic heterocycles. The van der Waals surface area contributed by atoms with Crippen molar-refractivity contribution in [2.75, 3.05) is 6.54 Å². The lowest BCUT2D eigenvalue weighted by atomic mass is 9.92. The van der Waals surface area contributed by atoms with E-state index in [9.17, 15) is 18.0 Å². The van der Waals surface area contributed by atoms with Gasteiger partial charge >= 0.3 is 0 Å². The Balaban J connectivity index is 1.31. The fourth-order valence-electron chi connectivity index (χ4n) is 6.78. The van der Waals surface area contributed by atoms with E-state index in [0.29, 0.717) is 30.6 Å². The van der Waals surface area contributed by atoms with Crippen molar-refractivity contribution >= 4 is 32.6 Å². The zero-order valence-electron chi connectivity index (χ0n) is 28.1. The van der Waals surface area contributed by atoms with Crippen LogP contribution >= 0.6 is 0 Å². The summed E-state index contributed by atoms with van der Waals surface area (Å²) >= 11 is 0. The lowest BCUT2D eigenvalue weighted by Crippen LogP contribution is -2.36. The van der Waals surface area contributed by atoms with Gasteiger partial charge in [-0.05, 0) is 90.0 Å². The van der Waals surface area contributed by atoms with Crippen molar-refractivity contribution in [3.63, 3.8) is 0 Å². The number of para-hydroxylation sites is 1. The molecule has 0 saturated heterocycles. The molecule has 1 aliphatic rings.